The predicted octanol–water partition coefficient (Wildman–Crippen LogP) is 6.98. The summed E-state index contributed by atoms with van der Waals surface area (Å²) in [6, 6.07) is 21.9. The zero-order valence-corrected chi connectivity index (χ0v) is 21.9. The van der Waals surface area contributed by atoms with E-state index in [2.05, 4.69) is 52.3 Å². The van der Waals surface area contributed by atoms with Crippen LogP contribution in [0.4, 0.5) is 4.39 Å². The van der Waals surface area contributed by atoms with Crippen LogP contribution < -0.4 is 0 Å². The number of piperidine rings is 1. The molecule has 3 atom stereocenters. The van der Waals surface area contributed by atoms with Gasteiger partial charge in [0.15, 0.2) is 0 Å². The molecule has 3 aliphatic rings. The Bertz CT molecular complexity index is 1160. The van der Waals surface area contributed by atoms with E-state index in [4.69, 9.17) is 0 Å². The number of likely N-dealkylation sites (tertiary alicyclic amines) is 2. The zero-order chi connectivity index (χ0) is 25.2. The minimum Gasteiger partial charge on any atom is -0.374 e. The van der Waals surface area contributed by atoms with Crippen molar-refractivity contribution in [1.29, 1.82) is 0 Å². The van der Waals surface area contributed by atoms with Crippen molar-refractivity contribution in [1.82, 2.24) is 9.80 Å². The maximum absolute atomic E-state index is 13.4. The van der Waals surface area contributed by atoms with E-state index >= 15 is 0 Å². The quantitative estimate of drug-likeness (QED) is 0.396. The van der Waals surface area contributed by atoms with Gasteiger partial charge in [0.1, 0.15) is 12.0 Å². The van der Waals surface area contributed by atoms with Crippen LogP contribution in [0.2, 0.25) is 0 Å². The number of aliphatic hydroxyl groups excluding tert-OH is 1. The van der Waals surface area contributed by atoms with Crippen LogP contribution in [-0.2, 0) is 0 Å². The SMILES string of the molecule is OC(c1cccc2ccccc12)N1CC(C2CCCCC2)[C@H](CN2CCC(c3ccc(F)cc3)CC2)C1. The van der Waals surface area contributed by atoms with Crippen LogP contribution >= 0.6 is 0 Å². The Morgan fingerprint density at radius 2 is 1.54 bits per heavy atom. The molecule has 1 aliphatic carbocycles. The van der Waals surface area contributed by atoms with E-state index in [9.17, 15) is 9.50 Å². The first-order valence-electron chi connectivity index (χ1n) is 14.5. The van der Waals surface area contributed by atoms with Gasteiger partial charge in [-0.05, 0) is 78.1 Å². The second-order valence-electron chi connectivity index (χ2n) is 11.8. The molecule has 0 amide bonds. The smallest absolute Gasteiger partial charge is 0.134 e. The molecule has 0 radical (unpaired) electrons. The number of aliphatic hydroxyl groups is 1. The summed E-state index contributed by atoms with van der Waals surface area (Å²) in [6.45, 7) is 5.34. The second-order valence-corrected chi connectivity index (χ2v) is 11.8. The van der Waals surface area contributed by atoms with Gasteiger partial charge in [0.25, 0.3) is 0 Å². The third-order valence-corrected chi connectivity index (χ3v) is 9.64. The summed E-state index contributed by atoms with van der Waals surface area (Å²) in [5.41, 5.74) is 2.33. The van der Waals surface area contributed by atoms with E-state index < -0.39 is 6.23 Å². The molecule has 3 nitrogen and oxygen atoms in total. The number of nitrogens with zero attached hydrogens (tertiary/aromatic N) is 2. The maximum atomic E-state index is 13.4. The number of rotatable bonds is 6. The predicted molar refractivity (Wildman–Crippen MR) is 149 cm³/mol. The van der Waals surface area contributed by atoms with Gasteiger partial charge in [0.2, 0.25) is 0 Å². The summed E-state index contributed by atoms with van der Waals surface area (Å²) in [6.07, 6.45) is 8.56. The molecule has 2 heterocycles. The summed E-state index contributed by atoms with van der Waals surface area (Å²) >= 11 is 0. The molecule has 196 valence electrons. The monoisotopic (exact) mass is 500 g/mol. The highest BCUT2D eigenvalue weighted by Crippen LogP contribution is 2.42. The van der Waals surface area contributed by atoms with E-state index in [0.717, 1.165) is 62.4 Å². The van der Waals surface area contributed by atoms with Gasteiger partial charge in [0, 0.05) is 25.2 Å². The molecule has 4 heteroatoms. The molecular weight excluding hydrogens is 459 g/mol. The molecule has 0 aromatic heterocycles. The van der Waals surface area contributed by atoms with Crippen LogP contribution in [0.3, 0.4) is 0 Å². The van der Waals surface area contributed by atoms with Crippen molar-refractivity contribution in [2.75, 3.05) is 32.7 Å². The standard InChI is InChI=1S/C33H41FN2O/c34-29-15-13-24(14-16-29)25-17-19-35(20-18-25)21-28-22-36(23-32(28)27-7-2-1-3-8-27)33(37)31-12-6-10-26-9-4-5-11-30(26)31/h4-6,9-16,25,27-28,32-33,37H,1-3,7-8,17-23H2/t28-,32?,33?/m1/s1. The van der Waals surface area contributed by atoms with Crippen LogP contribution in [0.25, 0.3) is 10.8 Å². The lowest BCUT2D eigenvalue weighted by atomic mass is 9.75. The Hall–Kier alpha value is -2.27. The summed E-state index contributed by atoms with van der Waals surface area (Å²) in [7, 11) is 0. The average Bonchev–Trinajstić information content (AvgIpc) is 3.37. The van der Waals surface area contributed by atoms with E-state index in [-0.39, 0.29) is 5.82 Å². The number of hydrogen-bond acceptors (Lipinski definition) is 3. The highest BCUT2D eigenvalue weighted by Gasteiger charge is 2.41. The van der Waals surface area contributed by atoms with Crippen molar-refractivity contribution in [2.24, 2.45) is 17.8 Å². The molecule has 37 heavy (non-hydrogen) atoms. The molecule has 3 aromatic carbocycles. The molecule has 2 aliphatic heterocycles. The number of halogens is 1. The summed E-state index contributed by atoms with van der Waals surface area (Å²) in [5.74, 6) is 2.46. The van der Waals surface area contributed by atoms with Gasteiger partial charge in [-0.2, -0.15) is 0 Å². The Labute approximate surface area is 221 Å². The molecule has 0 bridgehead atoms. The van der Waals surface area contributed by atoms with E-state index in [1.807, 2.05) is 12.1 Å². The first kappa shape index (κ1) is 25.0. The number of hydrogen-bond donors (Lipinski definition) is 1. The topological polar surface area (TPSA) is 26.7 Å². The zero-order valence-electron chi connectivity index (χ0n) is 21.9. The normalized spacial score (nSPS) is 25.6. The van der Waals surface area contributed by atoms with Gasteiger partial charge in [-0.25, -0.2) is 4.39 Å². The number of fused-ring (bicyclic) bond motifs is 1. The lowest BCUT2D eigenvalue weighted by Gasteiger charge is -2.37. The van der Waals surface area contributed by atoms with Crippen LogP contribution in [0, 0.1) is 23.6 Å². The molecule has 1 saturated carbocycles. The van der Waals surface area contributed by atoms with E-state index in [1.54, 1.807) is 12.1 Å². The molecule has 1 N–H and O–H groups in total. The fraction of sp³-hybridized carbons (Fsp3) is 0.515. The first-order valence-corrected chi connectivity index (χ1v) is 14.5. The van der Waals surface area contributed by atoms with E-state index in [1.165, 1.54) is 43.1 Å². The summed E-state index contributed by atoms with van der Waals surface area (Å²) in [4.78, 5) is 5.05. The highest BCUT2D eigenvalue weighted by atomic mass is 19.1. The van der Waals surface area contributed by atoms with Crippen molar-refractivity contribution in [2.45, 2.75) is 57.1 Å². The second kappa shape index (κ2) is 11.2. The molecule has 0 spiro atoms. The Balaban J connectivity index is 1.15. The lowest BCUT2D eigenvalue weighted by molar-refractivity contribution is 0.0134. The van der Waals surface area contributed by atoms with Gasteiger partial charge in [0.05, 0.1) is 0 Å². The molecule has 6 rings (SSSR count). The van der Waals surface area contributed by atoms with Crippen LogP contribution in [0.15, 0.2) is 66.7 Å². The molecular formula is C33H41FN2O. The third-order valence-electron chi connectivity index (χ3n) is 9.64. The average molecular weight is 501 g/mol. The summed E-state index contributed by atoms with van der Waals surface area (Å²) < 4.78 is 13.4. The third kappa shape index (κ3) is 5.48. The van der Waals surface area contributed by atoms with E-state index in [0.29, 0.717) is 17.8 Å². The van der Waals surface area contributed by atoms with Crippen molar-refractivity contribution < 1.29 is 9.50 Å². The Kier molecular flexibility index (Phi) is 7.60. The Morgan fingerprint density at radius 3 is 2.32 bits per heavy atom. The lowest BCUT2D eigenvalue weighted by Crippen LogP contribution is -2.39. The maximum Gasteiger partial charge on any atom is 0.134 e. The molecule has 2 unspecified atom stereocenters. The van der Waals surface area contributed by atoms with Gasteiger partial charge in [-0.15, -0.1) is 0 Å². The summed E-state index contributed by atoms with van der Waals surface area (Å²) in [5, 5.41) is 14.0. The van der Waals surface area contributed by atoms with Gasteiger partial charge in [-0.3, -0.25) is 4.90 Å². The van der Waals surface area contributed by atoms with Gasteiger partial charge < -0.3 is 10.0 Å². The fourth-order valence-corrected chi connectivity index (χ4v) is 7.61. The van der Waals surface area contributed by atoms with Gasteiger partial charge >= 0.3 is 0 Å². The molecule has 2 saturated heterocycles. The minimum absolute atomic E-state index is 0.147. The van der Waals surface area contributed by atoms with Crippen molar-refractivity contribution >= 4 is 10.8 Å². The largest absolute Gasteiger partial charge is 0.374 e. The van der Waals surface area contributed by atoms with Crippen LogP contribution in [-0.4, -0.2) is 47.6 Å². The van der Waals surface area contributed by atoms with Crippen LogP contribution in [0.5, 0.6) is 0 Å². The fourth-order valence-electron chi connectivity index (χ4n) is 7.61. The minimum atomic E-state index is -0.550. The number of benzene rings is 3. The van der Waals surface area contributed by atoms with Crippen LogP contribution in [0.1, 0.15) is 68.2 Å². The molecule has 3 fully saturated rings. The van der Waals surface area contributed by atoms with Crippen molar-refractivity contribution in [3.05, 3.63) is 83.7 Å². The molecule has 3 aromatic rings. The van der Waals surface area contributed by atoms with Gasteiger partial charge in [-0.1, -0.05) is 86.7 Å². The first-order chi connectivity index (χ1) is 18.2. The van der Waals surface area contributed by atoms with Crippen molar-refractivity contribution in [3.63, 3.8) is 0 Å². The van der Waals surface area contributed by atoms with Crippen molar-refractivity contribution in [3.8, 4) is 0 Å². The highest BCUT2D eigenvalue weighted by molar-refractivity contribution is 5.85. The Morgan fingerprint density at radius 1 is 0.811 bits per heavy atom.